The molecule has 0 aliphatic rings. The first-order valence-electron chi connectivity index (χ1n) is 27.9. The largest absolute Gasteiger partial charge is 0.379 e. The Kier molecular flexibility index (Phi) is 55.8. The molecule has 0 saturated heterocycles. The highest BCUT2D eigenvalue weighted by molar-refractivity contribution is 4.82. The van der Waals surface area contributed by atoms with Gasteiger partial charge in [-0.3, -0.25) is 0 Å². The summed E-state index contributed by atoms with van der Waals surface area (Å²) in [4.78, 5) is 0. The summed E-state index contributed by atoms with van der Waals surface area (Å²) in [6.07, 6.45) is 69.8. The Bertz CT molecular complexity index is 792. The number of unbranched alkanes of at least 4 members (excludes halogenated alkanes) is 39. The van der Waals surface area contributed by atoms with E-state index < -0.39 is 0 Å². The fourth-order valence-electron chi connectivity index (χ4n) is 8.38. The van der Waals surface area contributed by atoms with Crippen molar-refractivity contribution in [1.29, 1.82) is 0 Å². The van der Waals surface area contributed by atoms with Gasteiger partial charge >= 0.3 is 0 Å². The molecule has 3 nitrogen and oxygen atoms in total. The Balaban J connectivity index is 4.02. The average molecular weight is 846 g/mol. The summed E-state index contributed by atoms with van der Waals surface area (Å²) in [6, 6.07) is 0. The van der Waals surface area contributed by atoms with Gasteiger partial charge in [0.05, 0.1) is 13.2 Å². The van der Waals surface area contributed by atoms with E-state index in [9.17, 15) is 0 Å². The lowest BCUT2D eigenvalue weighted by Gasteiger charge is -2.18. The van der Waals surface area contributed by atoms with Gasteiger partial charge in [-0.25, -0.2) is 0 Å². The third kappa shape index (κ3) is 53.5. The monoisotopic (exact) mass is 845 g/mol. The summed E-state index contributed by atoms with van der Waals surface area (Å²) >= 11 is 0. The lowest BCUT2D eigenvalue weighted by atomic mass is 10.0. The molecule has 0 heterocycles. The number of rotatable bonds is 54. The Hall–Kier alpha value is -0.640. The predicted molar refractivity (Wildman–Crippen MR) is 270 cm³/mol. The molecule has 0 amide bonds. The highest BCUT2D eigenvalue weighted by atomic mass is 16.6. The van der Waals surface area contributed by atoms with Crippen LogP contribution < -0.4 is 0 Å². The SMILES string of the molecule is CCCCCCCC/C=C\CCCCCCCCOCC(COCCCCCCCCCCCCCCCCCC)OCCCCCCCC/C=C\CCCCCCCC. The average Bonchev–Trinajstić information content (AvgIpc) is 3.26. The number of allylic oxidation sites excluding steroid dienone is 4. The van der Waals surface area contributed by atoms with Crippen LogP contribution in [-0.2, 0) is 14.2 Å². The van der Waals surface area contributed by atoms with E-state index in [1.807, 2.05) is 0 Å². The molecule has 0 aliphatic carbocycles. The van der Waals surface area contributed by atoms with E-state index in [2.05, 4.69) is 45.1 Å². The summed E-state index contributed by atoms with van der Waals surface area (Å²) in [6.45, 7) is 10.8. The van der Waals surface area contributed by atoms with Gasteiger partial charge in [0, 0.05) is 19.8 Å². The molecule has 0 aromatic rings. The fourth-order valence-corrected chi connectivity index (χ4v) is 8.38. The summed E-state index contributed by atoms with van der Waals surface area (Å²) in [5.74, 6) is 0. The maximum absolute atomic E-state index is 6.36. The Morgan fingerprint density at radius 3 is 0.733 bits per heavy atom. The number of ether oxygens (including phenoxy) is 3. The van der Waals surface area contributed by atoms with Gasteiger partial charge in [0.1, 0.15) is 6.10 Å². The summed E-state index contributed by atoms with van der Waals surface area (Å²) in [7, 11) is 0. The Morgan fingerprint density at radius 1 is 0.250 bits per heavy atom. The summed E-state index contributed by atoms with van der Waals surface area (Å²) < 4.78 is 18.7. The highest BCUT2D eigenvalue weighted by Crippen LogP contribution is 2.15. The number of hydrogen-bond acceptors (Lipinski definition) is 3. The van der Waals surface area contributed by atoms with Crippen molar-refractivity contribution < 1.29 is 14.2 Å². The lowest BCUT2D eigenvalue weighted by Crippen LogP contribution is -2.26. The van der Waals surface area contributed by atoms with Crippen LogP contribution in [0.15, 0.2) is 24.3 Å². The van der Waals surface area contributed by atoms with Gasteiger partial charge in [0.2, 0.25) is 0 Å². The van der Waals surface area contributed by atoms with Crippen molar-refractivity contribution >= 4 is 0 Å². The molecule has 0 aliphatic heterocycles. The molecule has 0 aromatic heterocycles. The van der Waals surface area contributed by atoms with Crippen LogP contribution in [0.3, 0.4) is 0 Å². The van der Waals surface area contributed by atoms with Crippen molar-refractivity contribution in [3.8, 4) is 0 Å². The minimum absolute atomic E-state index is 0.0725. The molecule has 0 aromatic carbocycles. The number of hydrogen-bond donors (Lipinski definition) is 0. The van der Waals surface area contributed by atoms with Crippen LogP contribution in [0.5, 0.6) is 0 Å². The quantitative estimate of drug-likeness (QED) is 0.0451. The van der Waals surface area contributed by atoms with Gasteiger partial charge in [-0.15, -0.1) is 0 Å². The third-order valence-electron chi connectivity index (χ3n) is 12.6. The fraction of sp³-hybridized carbons (Fsp3) is 0.930. The first-order valence-corrected chi connectivity index (χ1v) is 27.9. The van der Waals surface area contributed by atoms with Crippen LogP contribution >= 0.6 is 0 Å². The zero-order valence-electron chi connectivity index (χ0n) is 41.8. The van der Waals surface area contributed by atoms with Crippen molar-refractivity contribution in [2.24, 2.45) is 0 Å². The van der Waals surface area contributed by atoms with Crippen molar-refractivity contribution in [2.75, 3.05) is 33.0 Å². The molecule has 0 radical (unpaired) electrons. The molecule has 60 heavy (non-hydrogen) atoms. The van der Waals surface area contributed by atoms with E-state index in [1.54, 1.807) is 0 Å². The summed E-state index contributed by atoms with van der Waals surface area (Å²) in [5.41, 5.74) is 0. The van der Waals surface area contributed by atoms with Gasteiger partial charge in [-0.1, -0.05) is 257 Å². The lowest BCUT2D eigenvalue weighted by molar-refractivity contribution is -0.0616. The molecule has 0 saturated carbocycles. The van der Waals surface area contributed by atoms with Crippen molar-refractivity contribution in [2.45, 2.75) is 309 Å². The van der Waals surface area contributed by atoms with Gasteiger partial charge in [0.25, 0.3) is 0 Å². The highest BCUT2D eigenvalue weighted by Gasteiger charge is 2.10. The normalized spacial score (nSPS) is 12.5. The van der Waals surface area contributed by atoms with Crippen LogP contribution in [0.2, 0.25) is 0 Å². The maximum atomic E-state index is 6.36. The molecule has 0 N–H and O–H groups in total. The molecular weight excluding hydrogens is 733 g/mol. The Morgan fingerprint density at radius 2 is 0.467 bits per heavy atom. The van der Waals surface area contributed by atoms with Crippen LogP contribution in [0.25, 0.3) is 0 Å². The van der Waals surface area contributed by atoms with Crippen LogP contribution in [0.4, 0.5) is 0 Å². The summed E-state index contributed by atoms with van der Waals surface area (Å²) in [5, 5.41) is 0. The second-order valence-corrected chi connectivity index (χ2v) is 18.8. The molecule has 3 heteroatoms. The molecule has 0 fully saturated rings. The molecule has 358 valence electrons. The zero-order valence-corrected chi connectivity index (χ0v) is 41.8. The van der Waals surface area contributed by atoms with E-state index in [1.165, 1.54) is 276 Å². The molecule has 0 rings (SSSR count). The molecule has 0 bridgehead atoms. The van der Waals surface area contributed by atoms with Gasteiger partial charge in [-0.05, 0) is 70.6 Å². The predicted octanol–water partition coefficient (Wildman–Crippen LogP) is 19.7. The molecule has 1 atom stereocenters. The zero-order chi connectivity index (χ0) is 43.2. The van der Waals surface area contributed by atoms with Crippen LogP contribution in [0, 0.1) is 0 Å². The Labute approximate surface area is 379 Å². The van der Waals surface area contributed by atoms with E-state index >= 15 is 0 Å². The van der Waals surface area contributed by atoms with Gasteiger partial charge < -0.3 is 14.2 Å². The van der Waals surface area contributed by atoms with Crippen molar-refractivity contribution in [3.05, 3.63) is 24.3 Å². The smallest absolute Gasteiger partial charge is 0.104 e. The second-order valence-electron chi connectivity index (χ2n) is 18.8. The second kappa shape index (κ2) is 56.4. The first-order chi connectivity index (χ1) is 29.8. The topological polar surface area (TPSA) is 27.7 Å². The third-order valence-corrected chi connectivity index (χ3v) is 12.6. The standard InChI is InChI=1S/C57H112O3/c1-4-7-10-13-16-19-22-25-28-31-34-37-40-43-46-49-52-58-55-57(60-54-51-48-45-42-39-36-33-30-27-24-21-18-15-12-9-6-3)56-59-53-50-47-44-41-38-35-32-29-26-23-20-17-14-11-8-5-2/h25,27-28,30,57H,4-24,26,29,31-56H2,1-3H3/b28-25-,30-27-. The van der Waals surface area contributed by atoms with E-state index in [0.29, 0.717) is 13.2 Å². The van der Waals surface area contributed by atoms with Crippen LogP contribution in [-0.4, -0.2) is 39.1 Å². The molecule has 1 unspecified atom stereocenters. The minimum Gasteiger partial charge on any atom is -0.379 e. The molecular formula is C57H112O3. The van der Waals surface area contributed by atoms with Crippen LogP contribution in [0.1, 0.15) is 303 Å². The first kappa shape index (κ1) is 59.4. The van der Waals surface area contributed by atoms with Crippen molar-refractivity contribution in [3.63, 3.8) is 0 Å². The van der Waals surface area contributed by atoms with E-state index in [0.717, 1.165) is 26.2 Å². The maximum Gasteiger partial charge on any atom is 0.104 e. The van der Waals surface area contributed by atoms with E-state index in [4.69, 9.17) is 14.2 Å². The van der Waals surface area contributed by atoms with Gasteiger partial charge in [0.15, 0.2) is 0 Å². The minimum atomic E-state index is 0.0725. The van der Waals surface area contributed by atoms with E-state index in [-0.39, 0.29) is 6.10 Å². The van der Waals surface area contributed by atoms with Gasteiger partial charge in [-0.2, -0.15) is 0 Å². The molecule has 0 spiro atoms. The van der Waals surface area contributed by atoms with Crippen molar-refractivity contribution in [1.82, 2.24) is 0 Å².